The van der Waals surface area contributed by atoms with Crippen molar-refractivity contribution in [1.29, 1.82) is 0 Å². The average Bonchev–Trinajstić information content (AvgIpc) is 3.29. The highest BCUT2D eigenvalue weighted by Gasteiger charge is 2.34. The van der Waals surface area contributed by atoms with Gasteiger partial charge in [0.05, 0.1) is 12.5 Å². The second-order valence-corrected chi connectivity index (χ2v) is 6.59. The lowest BCUT2D eigenvalue weighted by Crippen LogP contribution is -2.34. The zero-order valence-corrected chi connectivity index (χ0v) is 12.5. The number of rotatable bonds is 2. The Morgan fingerprint density at radius 3 is 2.45 bits per heavy atom. The summed E-state index contributed by atoms with van der Waals surface area (Å²) in [6.07, 6.45) is 9.24. The molecule has 0 unspecified atom stereocenters. The van der Waals surface area contributed by atoms with Gasteiger partial charge in [-0.05, 0) is 86.9 Å². The third kappa shape index (κ3) is 1.89. The van der Waals surface area contributed by atoms with Crippen LogP contribution in [0.1, 0.15) is 48.3 Å². The summed E-state index contributed by atoms with van der Waals surface area (Å²) in [5.41, 5.74) is 7.24. The number of hydrogen-bond acceptors (Lipinski definition) is 2. The Kier molecular flexibility index (Phi) is 2.88. The number of nitrogens with zero attached hydrogens (tertiary/aromatic N) is 1. The molecule has 2 heterocycles. The van der Waals surface area contributed by atoms with E-state index in [-0.39, 0.29) is 0 Å². The molecule has 2 nitrogen and oxygen atoms in total. The summed E-state index contributed by atoms with van der Waals surface area (Å²) < 4.78 is 5.45. The fourth-order valence-electron chi connectivity index (χ4n) is 4.03. The van der Waals surface area contributed by atoms with Crippen molar-refractivity contribution in [3.05, 3.63) is 35.3 Å². The van der Waals surface area contributed by atoms with Crippen LogP contribution in [0.15, 0.2) is 23.0 Å². The Morgan fingerprint density at radius 1 is 1.00 bits per heavy atom. The minimum absolute atomic E-state index is 0.721. The van der Waals surface area contributed by atoms with E-state index < -0.39 is 0 Å². The van der Waals surface area contributed by atoms with Crippen LogP contribution in [-0.2, 0) is 0 Å². The minimum Gasteiger partial charge on any atom is -0.472 e. The molecule has 0 aromatic carbocycles. The molecule has 0 N–H and O–H groups in total. The summed E-state index contributed by atoms with van der Waals surface area (Å²) >= 11 is 0. The van der Waals surface area contributed by atoms with Crippen molar-refractivity contribution < 1.29 is 4.42 Å². The number of piperidine rings is 1. The maximum absolute atomic E-state index is 5.45. The van der Waals surface area contributed by atoms with Crippen LogP contribution in [-0.4, -0.2) is 24.0 Å². The molecule has 0 aromatic heterocycles. The van der Waals surface area contributed by atoms with Crippen LogP contribution < -0.4 is 0 Å². The van der Waals surface area contributed by atoms with Gasteiger partial charge in [-0.2, -0.15) is 0 Å². The third-order valence-corrected chi connectivity index (χ3v) is 5.45. The van der Waals surface area contributed by atoms with Crippen LogP contribution >= 0.6 is 0 Å². The van der Waals surface area contributed by atoms with E-state index in [1.807, 2.05) is 6.26 Å². The van der Waals surface area contributed by atoms with E-state index in [4.69, 9.17) is 4.42 Å². The molecule has 4 aliphatic rings. The lowest BCUT2D eigenvalue weighted by Gasteiger charge is -2.32. The Hall–Kier alpha value is -1.28. The van der Waals surface area contributed by atoms with E-state index in [1.54, 1.807) is 11.8 Å². The van der Waals surface area contributed by atoms with Crippen molar-refractivity contribution in [3.8, 4) is 11.1 Å². The summed E-state index contributed by atoms with van der Waals surface area (Å²) in [4.78, 5) is 2.70. The summed E-state index contributed by atoms with van der Waals surface area (Å²) in [6.45, 7) is 7.10. The van der Waals surface area contributed by atoms with Gasteiger partial charge in [0.1, 0.15) is 0 Å². The molecule has 1 saturated carbocycles. The van der Waals surface area contributed by atoms with E-state index in [2.05, 4.69) is 24.8 Å². The highest BCUT2D eigenvalue weighted by Crippen LogP contribution is 2.44. The molecule has 0 spiro atoms. The first kappa shape index (κ1) is 12.5. The van der Waals surface area contributed by atoms with Crippen LogP contribution in [0.4, 0.5) is 0 Å². The molecule has 0 radical (unpaired) electrons. The summed E-state index contributed by atoms with van der Waals surface area (Å²) in [7, 11) is 0. The molecule has 4 rings (SSSR count). The quantitative estimate of drug-likeness (QED) is 0.806. The molecule has 2 heteroatoms. The molecule has 0 amide bonds. The fraction of sp³-hybridized carbons (Fsp3) is 0.556. The first-order valence-corrected chi connectivity index (χ1v) is 7.94. The fourth-order valence-corrected chi connectivity index (χ4v) is 4.03. The van der Waals surface area contributed by atoms with E-state index in [1.165, 1.54) is 61.0 Å². The van der Waals surface area contributed by atoms with Gasteiger partial charge in [0.15, 0.2) is 0 Å². The predicted octanol–water partition coefficient (Wildman–Crippen LogP) is 4.34. The van der Waals surface area contributed by atoms with Crippen molar-refractivity contribution in [3.63, 3.8) is 0 Å². The topological polar surface area (TPSA) is 16.4 Å². The lowest BCUT2D eigenvalue weighted by molar-refractivity contribution is 0.203. The maximum atomic E-state index is 5.45. The van der Waals surface area contributed by atoms with Gasteiger partial charge in [0.2, 0.25) is 0 Å². The van der Waals surface area contributed by atoms with Crippen molar-refractivity contribution in [2.24, 2.45) is 0 Å². The van der Waals surface area contributed by atoms with Crippen molar-refractivity contribution >= 4 is 0 Å². The summed E-state index contributed by atoms with van der Waals surface area (Å²) in [6, 6.07) is 3.05. The van der Waals surface area contributed by atoms with Crippen molar-refractivity contribution in [2.75, 3.05) is 13.1 Å². The molecule has 1 saturated heterocycles. The zero-order chi connectivity index (χ0) is 13.7. The normalized spacial score (nSPS) is 21.7. The van der Waals surface area contributed by atoms with E-state index in [0.29, 0.717) is 0 Å². The number of hydrogen-bond donors (Lipinski definition) is 0. The van der Waals surface area contributed by atoms with Gasteiger partial charge in [-0.3, -0.25) is 0 Å². The highest BCUT2D eigenvalue weighted by atomic mass is 16.3. The molecule has 2 fully saturated rings. The Bertz CT molecular complexity index is 588. The van der Waals surface area contributed by atoms with Gasteiger partial charge in [-0.25, -0.2) is 0 Å². The summed E-state index contributed by atoms with van der Waals surface area (Å²) in [5.74, 6) is 0.721. The summed E-state index contributed by atoms with van der Waals surface area (Å²) in [5, 5.41) is 0. The molecule has 106 valence electrons. The Morgan fingerprint density at radius 2 is 1.75 bits per heavy atom. The van der Waals surface area contributed by atoms with E-state index in [9.17, 15) is 0 Å². The smallest absolute Gasteiger partial charge is 0.0982 e. The molecule has 0 atom stereocenters. The van der Waals surface area contributed by atoms with Crippen LogP contribution in [0.25, 0.3) is 11.1 Å². The SMILES string of the molecule is Cc1c2ccocc-2c(C2CCN(C3CC3)CC2)c1C. The van der Waals surface area contributed by atoms with E-state index in [0.717, 1.165) is 12.0 Å². The lowest BCUT2D eigenvalue weighted by atomic mass is 9.86. The van der Waals surface area contributed by atoms with Crippen molar-refractivity contribution in [2.45, 2.75) is 51.5 Å². The highest BCUT2D eigenvalue weighted by molar-refractivity contribution is 5.77. The molecule has 0 bridgehead atoms. The Balaban J connectivity index is 1.64. The van der Waals surface area contributed by atoms with Gasteiger partial charge in [-0.1, -0.05) is 0 Å². The molecular weight excluding hydrogens is 246 g/mol. The first-order valence-electron chi connectivity index (χ1n) is 7.94. The second-order valence-electron chi connectivity index (χ2n) is 6.59. The molecule has 0 aromatic rings. The van der Waals surface area contributed by atoms with Crippen molar-refractivity contribution in [1.82, 2.24) is 4.90 Å². The van der Waals surface area contributed by atoms with Gasteiger partial charge in [0.25, 0.3) is 0 Å². The van der Waals surface area contributed by atoms with Crippen LogP contribution in [0.2, 0.25) is 0 Å². The van der Waals surface area contributed by atoms with Gasteiger partial charge in [-0.15, -0.1) is 0 Å². The molecule has 20 heavy (non-hydrogen) atoms. The predicted molar refractivity (Wildman–Crippen MR) is 81.4 cm³/mol. The standard InChI is InChI=1S/C18H23NO/c1-12-13(2)18(17-11-20-10-7-16(12)17)14-5-8-19(9-6-14)15-3-4-15/h7,10-11,14-15H,3-6,8-9H2,1-2H3. The molecular formula is C18H23NO. The molecule has 2 aliphatic carbocycles. The molecule has 2 aliphatic heterocycles. The maximum Gasteiger partial charge on any atom is 0.0982 e. The number of fused-ring (bicyclic) bond motifs is 1. The zero-order valence-electron chi connectivity index (χ0n) is 12.5. The second kappa shape index (κ2) is 4.63. The average molecular weight is 269 g/mol. The third-order valence-electron chi connectivity index (χ3n) is 5.45. The van der Waals surface area contributed by atoms with E-state index >= 15 is 0 Å². The number of likely N-dealkylation sites (tertiary alicyclic amines) is 1. The largest absolute Gasteiger partial charge is 0.472 e. The monoisotopic (exact) mass is 269 g/mol. The Labute approximate surface area is 121 Å². The van der Waals surface area contributed by atoms with Gasteiger partial charge < -0.3 is 9.32 Å². The van der Waals surface area contributed by atoms with Gasteiger partial charge >= 0.3 is 0 Å². The van der Waals surface area contributed by atoms with Crippen LogP contribution in [0.5, 0.6) is 0 Å². The van der Waals surface area contributed by atoms with Crippen LogP contribution in [0.3, 0.4) is 0 Å². The van der Waals surface area contributed by atoms with Crippen LogP contribution in [0, 0.1) is 13.8 Å². The first-order chi connectivity index (χ1) is 9.75. The van der Waals surface area contributed by atoms with Gasteiger partial charge in [0, 0.05) is 11.6 Å². The minimum atomic E-state index is 0.721.